The van der Waals surface area contributed by atoms with Gasteiger partial charge < -0.3 is 5.11 Å². The molecule has 0 saturated carbocycles. The van der Waals surface area contributed by atoms with Gasteiger partial charge in [-0.2, -0.15) is 0 Å². The Labute approximate surface area is 67.9 Å². The zero-order chi connectivity index (χ0) is 8.69. The molecule has 1 atom stereocenters. The Morgan fingerprint density at radius 3 is 2.64 bits per heavy atom. The van der Waals surface area contributed by atoms with Gasteiger partial charge in [0.25, 0.3) is 0 Å². The molecule has 0 rings (SSSR count). The van der Waals surface area contributed by atoms with Gasteiger partial charge in [-0.25, -0.2) is 0 Å². The number of hydrogen-bond acceptors (Lipinski definition) is 1. The molecular formula is C9H16O2. The largest absolute Gasteiger partial charge is 0.481 e. The zero-order valence-electron chi connectivity index (χ0n) is 7.21. The van der Waals surface area contributed by atoms with Crippen molar-refractivity contribution in [2.45, 2.75) is 33.1 Å². The summed E-state index contributed by atoms with van der Waals surface area (Å²) in [7, 11) is 0. The van der Waals surface area contributed by atoms with Gasteiger partial charge in [-0.1, -0.05) is 25.5 Å². The van der Waals surface area contributed by atoms with Crippen molar-refractivity contribution in [3.05, 3.63) is 12.2 Å². The van der Waals surface area contributed by atoms with Gasteiger partial charge in [0.1, 0.15) is 0 Å². The molecule has 0 spiro atoms. The summed E-state index contributed by atoms with van der Waals surface area (Å²) in [5.41, 5.74) is 0. The van der Waals surface area contributed by atoms with Crippen molar-refractivity contribution in [3.8, 4) is 0 Å². The molecule has 0 fully saturated rings. The van der Waals surface area contributed by atoms with E-state index >= 15 is 0 Å². The standard InChI is InChI=1S/C9H16O2/c1-3-5-7-8(6-4-2)9(10)11/h3,5,8H,4,6-7H2,1-2H3,(H,10,11). The summed E-state index contributed by atoms with van der Waals surface area (Å²) in [4.78, 5) is 10.6. The van der Waals surface area contributed by atoms with Crippen molar-refractivity contribution in [3.63, 3.8) is 0 Å². The highest BCUT2D eigenvalue weighted by molar-refractivity contribution is 5.70. The smallest absolute Gasteiger partial charge is 0.306 e. The topological polar surface area (TPSA) is 37.3 Å². The Bertz CT molecular complexity index is 138. The minimum Gasteiger partial charge on any atom is -0.481 e. The molecule has 11 heavy (non-hydrogen) atoms. The third kappa shape index (κ3) is 4.59. The van der Waals surface area contributed by atoms with Crippen LogP contribution in [-0.4, -0.2) is 11.1 Å². The van der Waals surface area contributed by atoms with Crippen LogP contribution in [0.15, 0.2) is 12.2 Å². The number of hydrogen-bond donors (Lipinski definition) is 1. The van der Waals surface area contributed by atoms with E-state index in [0.29, 0.717) is 6.42 Å². The fraction of sp³-hybridized carbons (Fsp3) is 0.667. The van der Waals surface area contributed by atoms with Crippen LogP contribution in [-0.2, 0) is 4.79 Å². The van der Waals surface area contributed by atoms with Crippen molar-refractivity contribution in [2.75, 3.05) is 0 Å². The predicted molar refractivity (Wildman–Crippen MR) is 45.5 cm³/mol. The molecule has 0 aliphatic heterocycles. The Balaban J connectivity index is 3.79. The summed E-state index contributed by atoms with van der Waals surface area (Å²) >= 11 is 0. The number of aliphatic carboxylic acids is 1. The summed E-state index contributed by atoms with van der Waals surface area (Å²) in [6, 6.07) is 0. The normalized spacial score (nSPS) is 13.6. The third-order valence-electron chi connectivity index (χ3n) is 1.64. The summed E-state index contributed by atoms with van der Waals surface area (Å²) in [5.74, 6) is -0.860. The molecule has 0 aromatic rings. The number of carboxylic acids is 1. The Morgan fingerprint density at radius 2 is 2.27 bits per heavy atom. The molecule has 0 heterocycles. The Morgan fingerprint density at radius 1 is 1.64 bits per heavy atom. The van der Waals surface area contributed by atoms with Gasteiger partial charge in [-0.3, -0.25) is 4.79 Å². The molecular weight excluding hydrogens is 140 g/mol. The molecule has 0 saturated heterocycles. The lowest BCUT2D eigenvalue weighted by molar-refractivity contribution is -0.141. The summed E-state index contributed by atoms with van der Waals surface area (Å²) in [5, 5.41) is 8.70. The van der Waals surface area contributed by atoms with E-state index in [1.54, 1.807) is 0 Å². The lowest BCUT2D eigenvalue weighted by Crippen LogP contribution is -2.12. The molecule has 0 bridgehead atoms. The summed E-state index contributed by atoms with van der Waals surface area (Å²) < 4.78 is 0. The zero-order valence-corrected chi connectivity index (χ0v) is 7.21. The van der Waals surface area contributed by atoms with Gasteiger partial charge in [-0.15, -0.1) is 0 Å². The van der Waals surface area contributed by atoms with Crippen LogP contribution in [0.25, 0.3) is 0 Å². The fourth-order valence-electron chi connectivity index (χ4n) is 0.991. The second-order valence-corrected chi connectivity index (χ2v) is 2.63. The Kier molecular flexibility index (Phi) is 5.53. The monoisotopic (exact) mass is 156 g/mol. The van der Waals surface area contributed by atoms with Crippen LogP contribution in [0.3, 0.4) is 0 Å². The van der Waals surface area contributed by atoms with E-state index in [1.165, 1.54) is 0 Å². The van der Waals surface area contributed by atoms with Crippen LogP contribution in [0.5, 0.6) is 0 Å². The van der Waals surface area contributed by atoms with E-state index in [2.05, 4.69) is 0 Å². The van der Waals surface area contributed by atoms with Crippen LogP contribution in [0, 0.1) is 5.92 Å². The van der Waals surface area contributed by atoms with Crippen LogP contribution >= 0.6 is 0 Å². The van der Waals surface area contributed by atoms with Crippen molar-refractivity contribution < 1.29 is 9.90 Å². The predicted octanol–water partition coefficient (Wildman–Crippen LogP) is 2.45. The van der Waals surface area contributed by atoms with Crippen LogP contribution in [0.1, 0.15) is 33.1 Å². The molecule has 1 N–H and O–H groups in total. The van der Waals surface area contributed by atoms with E-state index in [9.17, 15) is 4.79 Å². The molecule has 2 nitrogen and oxygen atoms in total. The lowest BCUT2D eigenvalue weighted by atomic mass is 10.00. The average Bonchev–Trinajstić information content (AvgIpc) is 1.97. The summed E-state index contributed by atoms with van der Waals surface area (Å²) in [6.45, 7) is 3.91. The number of rotatable bonds is 5. The van der Waals surface area contributed by atoms with Crippen molar-refractivity contribution >= 4 is 5.97 Å². The van der Waals surface area contributed by atoms with Crippen molar-refractivity contribution in [1.29, 1.82) is 0 Å². The highest BCUT2D eigenvalue weighted by Crippen LogP contribution is 2.11. The van der Waals surface area contributed by atoms with Crippen molar-refractivity contribution in [1.82, 2.24) is 0 Å². The van der Waals surface area contributed by atoms with Crippen molar-refractivity contribution in [2.24, 2.45) is 5.92 Å². The van der Waals surface area contributed by atoms with Gasteiger partial charge in [0.15, 0.2) is 0 Å². The first kappa shape index (κ1) is 10.2. The molecule has 2 heteroatoms. The van der Waals surface area contributed by atoms with Gasteiger partial charge in [-0.05, 0) is 19.8 Å². The van der Waals surface area contributed by atoms with Crippen LogP contribution in [0.4, 0.5) is 0 Å². The quantitative estimate of drug-likeness (QED) is 0.621. The summed E-state index contributed by atoms with van der Waals surface area (Å²) in [6.07, 6.45) is 6.19. The van der Waals surface area contributed by atoms with Crippen LogP contribution in [0.2, 0.25) is 0 Å². The molecule has 1 unspecified atom stereocenters. The first-order valence-electron chi connectivity index (χ1n) is 4.06. The highest BCUT2D eigenvalue weighted by atomic mass is 16.4. The average molecular weight is 156 g/mol. The van der Waals surface area contributed by atoms with E-state index < -0.39 is 5.97 Å². The third-order valence-corrected chi connectivity index (χ3v) is 1.64. The van der Waals surface area contributed by atoms with E-state index in [0.717, 1.165) is 12.8 Å². The molecule has 0 aliphatic rings. The second-order valence-electron chi connectivity index (χ2n) is 2.63. The molecule has 0 aromatic carbocycles. The minimum absolute atomic E-state index is 0.184. The van der Waals surface area contributed by atoms with Gasteiger partial charge in [0.05, 0.1) is 5.92 Å². The first-order chi connectivity index (χ1) is 5.22. The molecule has 0 aliphatic carbocycles. The van der Waals surface area contributed by atoms with E-state index in [1.807, 2.05) is 26.0 Å². The maximum atomic E-state index is 10.6. The highest BCUT2D eigenvalue weighted by Gasteiger charge is 2.13. The molecule has 64 valence electrons. The van der Waals surface area contributed by atoms with Gasteiger partial charge in [0, 0.05) is 0 Å². The minimum atomic E-state index is -0.676. The van der Waals surface area contributed by atoms with Gasteiger partial charge in [0.2, 0.25) is 0 Å². The molecule has 0 aromatic heterocycles. The SMILES string of the molecule is CC=CCC(CCC)C(=O)O. The Hall–Kier alpha value is -0.790. The number of carboxylic acid groups (broad SMARTS) is 1. The van der Waals surface area contributed by atoms with Gasteiger partial charge >= 0.3 is 5.97 Å². The maximum absolute atomic E-state index is 10.6. The number of carbonyl (C=O) groups is 1. The van der Waals surface area contributed by atoms with E-state index in [-0.39, 0.29) is 5.92 Å². The molecule has 0 radical (unpaired) electrons. The fourth-order valence-corrected chi connectivity index (χ4v) is 0.991. The first-order valence-corrected chi connectivity index (χ1v) is 4.06. The maximum Gasteiger partial charge on any atom is 0.306 e. The molecule has 0 amide bonds. The lowest BCUT2D eigenvalue weighted by Gasteiger charge is -2.06. The second kappa shape index (κ2) is 5.96. The number of allylic oxidation sites excluding steroid dienone is 2. The van der Waals surface area contributed by atoms with E-state index in [4.69, 9.17) is 5.11 Å². The van der Waals surface area contributed by atoms with Crippen LogP contribution < -0.4 is 0 Å².